The van der Waals surface area contributed by atoms with Crippen molar-refractivity contribution >= 4 is 5.95 Å². The number of aryl methyl sites for hydroxylation is 3. The molecule has 1 N–H and O–H groups in total. The van der Waals surface area contributed by atoms with E-state index < -0.39 is 0 Å². The Kier molecular flexibility index (Phi) is 4.47. The van der Waals surface area contributed by atoms with Crippen molar-refractivity contribution in [3.63, 3.8) is 0 Å². The summed E-state index contributed by atoms with van der Waals surface area (Å²) in [5, 5.41) is 0. The fourth-order valence-electron chi connectivity index (χ4n) is 4.60. The Morgan fingerprint density at radius 3 is 2.85 bits per heavy atom. The minimum absolute atomic E-state index is 0.194. The number of imidazole rings is 1. The van der Waals surface area contributed by atoms with E-state index in [-0.39, 0.29) is 5.41 Å². The average Bonchev–Trinajstić information content (AvgIpc) is 3.16. The number of fused-ring (bicyclic) bond motifs is 2. The van der Waals surface area contributed by atoms with E-state index in [0.29, 0.717) is 0 Å². The highest BCUT2D eigenvalue weighted by Crippen LogP contribution is 2.44. The molecule has 4 rings (SSSR count). The van der Waals surface area contributed by atoms with Crippen LogP contribution < -0.4 is 4.90 Å². The quantitative estimate of drug-likeness (QED) is 0.914. The molecule has 3 heterocycles. The molecule has 1 aliphatic carbocycles. The van der Waals surface area contributed by atoms with Crippen molar-refractivity contribution in [1.82, 2.24) is 24.8 Å². The van der Waals surface area contributed by atoms with E-state index in [1.54, 1.807) is 0 Å². The zero-order valence-corrected chi connectivity index (χ0v) is 16.5. The number of likely N-dealkylation sites (tertiary alicyclic amines) is 1. The van der Waals surface area contributed by atoms with Crippen molar-refractivity contribution in [2.75, 3.05) is 32.1 Å². The first-order chi connectivity index (χ1) is 12.5. The van der Waals surface area contributed by atoms with Crippen LogP contribution in [0, 0.1) is 6.92 Å². The average molecular weight is 355 g/mol. The molecular formula is C20H30N6. The van der Waals surface area contributed by atoms with Gasteiger partial charge in [0, 0.05) is 50.9 Å². The molecule has 6 nitrogen and oxygen atoms in total. The molecule has 26 heavy (non-hydrogen) atoms. The fraction of sp³-hybridized carbons (Fsp3) is 0.650. The Hall–Kier alpha value is -1.95. The minimum Gasteiger partial charge on any atom is -0.347 e. The highest BCUT2D eigenvalue weighted by molar-refractivity contribution is 5.39. The zero-order valence-electron chi connectivity index (χ0n) is 16.5. The third-order valence-electron chi connectivity index (χ3n) is 6.03. The molecule has 2 aromatic rings. The van der Waals surface area contributed by atoms with Gasteiger partial charge in [-0.25, -0.2) is 15.0 Å². The van der Waals surface area contributed by atoms with Gasteiger partial charge in [-0.2, -0.15) is 0 Å². The van der Waals surface area contributed by atoms with E-state index in [2.05, 4.69) is 34.9 Å². The molecule has 0 amide bonds. The highest BCUT2D eigenvalue weighted by atomic mass is 15.2. The number of hydrogen-bond donors (Lipinski definition) is 1. The summed E-state index contributed by atoms with van der Waals surface area (Å²) in [6.07, 6.45) is 7.78. The Bertz CT molecular complexity index is 792. The number of aromatic amines is 1. The fourth-order valence-corrected chi connectivity index (χ4v) is 4.60. The molecule has 1 fully saturated rings. The van der Waals surface area contributed by atoms with Gasteiger partial charge < -0.3 is 9.88 Å². The van der Waals surface area contributed by atoms with Crippen molar-refractivity contribution in [3.05, 3.63) is 34.7 Å². The van der Waals surface area contributed by atoms with Crippen LogP contribution in [-0.4, -0.2) is 52.0 Å². The second kappa shape index (κ2) is 6.65. The zero-order chi connectivity index (χ0) is 18.3. The Labute approximate surface area is 156 Å². The SMILES string of the molecule is CCc1nc(CN2CCCC3(CCc4cnc(N(C)C)nc43)C2)c(C)[nH]1. The van der Waals surface area contributed by atoms with Gasteiger partial charge >= 0.3 is 0 Å². The number of nitrogens with one attached hydrogen (secondary N) is 1. The van der Waals surface area contributed by atoms with E-state index in [1.807, 2.05) is 19.0 Å². The third kappa shape index (κ3) is 3.00. The number of rotatable bonds is 4. The van der Waals surface area contributed by atoms with Gasteiger partial charge in [0.25, 0.3) is 0 Å². The Morgan fingerprint density at radius 2 is 2.12 bits per heavy atom. The molecule has 1 unspecified atom stereocenters. The number of nitrogens with zero attached hydrogens (tertiary/aromatic N) is 5. The maximum atomic E-state index is 4.97. The smallest absolute Gasteiger partial charge is 0.225 e. The lowest BCUT2D eigenvalue weighted by Crippen LogP contribution is -2.45. The molecule has 2 aliphatic rings. The Morgan fingerprint density at radius 1 is 1.27 bits per heavy atom. The molecule has 1 saturated heterocycles. The van der Waals surface area contributed by atoms with Crippen molar-refractivity contribution < 1.29 is 0 Å². The normalized spacial score (nSPS) is 22.8. The number of hydrogen-bond acceptors (Lipinski definition) is 5. The first kappa shape index (κ1) is 17.5. The molecular weight excluding hydrogens is 324 g/mol. The molecule has 0 saturated carbocycles. The number of H-pyrrole nitrogens is 1. The standard InChI is InChI=1S/C20H30N6/c1-5-17-22-14(2)16(23-17)12-26-10-6-8-20(13-26)9-7-15-11-21-19(25(3)4)24-18(15)20/h11H,5-10,12-13H2,1-4H3,(H,22,23). The largest absolute Gasteiger partial charge is 0.347 e. The third-order valence-corrected chi connectivity index (χ3v) is 6.03. The van der Waals surface area contributed by atoms with E-state index in [1.165, 1.54) is 41.9 Å². The van der Waals surface area contributed by atoms with Crippen LogP contribution in [0.4, 0.5) is 5.95 Å². The molecule has 1 aliphatic heterocycles. The molecule has 1 spiro atoms. The highest BCUT2D eigenvalue weighted by Gasteiger charge is 2.43. The van der Waals surface area contributed by atoms with Crippen LogP contribution in [0.3, 0.4) is 0 Å². The summed E-state index contributed by atoms with van der Waals surface area (Å²) in [5.41, 5.74) is 5.26. The number of anilines is 1. The second-order valence-corrected chi connectivity index (χ2v) is 8.14. The van der Waals surface area contributed by atoms with Gasteiger partial charge in [0.1, 0.15) is 5.82 Å². The van der Waals surface area contributed by atoms with E-state index in [9.17, 15) is 0 Å². The van der Waals surface area contributed by atoms with Crippen LogP contribution in [0.25, 0.3) is 0 Å². The molecule has 1 atom stereocenters. The van der Waals surface area contributed by atoms with Crippen molar-refractivity contribution in [2.24, 2.45) is 0 Å². The monoisotopic (exact) mass is 354 g/mol. The maximum absolute atomic E-state index is 4.97. The molecule has 0 bridgehead atoms. The molecule has 6 heteroatoms. The van der Waals surface area contributed by atoms with E-state index in [4.69, 9.17) is 9.97 Å². The lowest BCUT2D eigenvalue weighted by Gasteiger charge is -2.40. The topological polar surface area (TPSA) is 60.9 Å². The first-order valence-electron chi connectivity index (χ1n) is 9.81. The summed E-state index contributed by atoms with van der Waals surface area (Å²) in [5.74, 6) is 1.93. The van der Waals surface area contributed by atoms with Crippen molar-refractivity contribution in [2.45, 2.75) is 57.9 Å². The summed E-state index contributed by atoms with van der Waals surface area (Å²) in [6, 6.07) is 0. The predicted molar refractivity (Wildman–Crippen MR) is 104 cm³/mol. The van der Waals surface area contributed by atoms with Gasteiger partial charge in [0.2, 0.25) is 5.95 Å². The van der Waals surface area contributed by atoms with E-state index >= 15 is 0 Å². The van der Waals surface area contributed by atoms with Gasteiger partial charge in [-0.15, -0.1) is 0 Å². The molecule has 2 aromatic heterocycles. The van der Waals surface area contributed by atoms with Crippen molar-refractivity contribution in [3.8, 4) is 0 Å². The minimum atomic E-state index is 0.194. The number of aromatic nitrogens is 4. The van der Waals surface area contributed by atoms with Gasteiger partial charge in [-0.05, 0) is 44.7 Å². The van der Waals surface area contributed by atoms with Crippen LogP contribution in [-0.2, 0) is 24.8 Å². The number of piperidine rings is 1. The summed E-state index contributed by atoms with van der Waals surface area (Å²) in [7, 11) is 4.03. The van der Waals surface area contributed by atoms with Crippen LogP contribution in [0.1, 0.15) is 54.7 Å². The van der Waals surface area contributed by atoms with Crippen LogP contribution in [0.2, 0.25) is 0 Å². The Balaban J connectivity index is 1.58. The summed E-state index contributed by atoms with van der Waals surface area (Å²) < 4.78 is 0. The lowest BCUT2D eigenvalue weighted by molar-refractivity contribution is 0.135. The van der Waals surface area contributed by atoms with Crippen LogP contribution in [0.15, 0.2) is 6.20 Å². The van der Waals surface area contributed by atoms with Crippen molar-refractivity contribution in [1.29, 1.82) is 0 Å². The molecule has 0 aromatic carbocycles. The van der Waals surface area contributed by atoms with Gasteiger partial charge in [-0.1, -0.05) is 6.92 Å². The van der Waals surface area contributed by atoms with Crippen LogP contribution >= 0.6 is 0 Å². The summed E-state index contributed by atoms with van der Waals surface area (Å²) in [4.78, 5) is 22.3. The van der Waals surface area contributed by atoms with E-state index in [0.717, 1.165) is 44.2 Å². The molecule has 140 valence electrons. The van der Waals surface area contributed by atoms with Crippen LogP contribution in [0.5, 0.6) is 0 Å². The van der Waals surface area contributed by atoms with Gasteiger partial charge in [-0.3, -0.25) is 4.90 Å². The van der Waals surface area contributed by atoms with Gasteiger partial charge in [0.05, 0.1) is 11.4 Å². The summed E-state index contributed by atoms with van der Waals surface area (Å²) >= 11 is 0. The predicted octanol–water partition coefficient (Wildman–Crippen LogP) is 2.62. The second-order valence-electron chi connectivity index (χ2n) is 8.14. The lowest BCUT2D eigenvalue weighted by atomic mass is 9.77. The summed E-state index contributed by atoms with van der Waals surface area (Å²) in [6.45, 7) is 7.46. The maximum Gasteiger partial charge on any atom is 0.225 e. The first-order valence-corrected chi connectivity index (χ1v) is 9.81. The molecule has 0 radical (unpaired) electrons. The van der Waals surface area contributed by atoms with Gasteiger partial charge in [0.15, 0.2) is 0 Å².